The van der Waals surface area contributed by atoms with Crippen molar-refractivity contribution in [2.45, 2.75) is 43.5 Å². The van der Waals surface area contributed by atoms with Crippen LogP contribution in [0.1, 0.15) is 32.6 Å². The Labute approximate surface area is 154 Å². The number of amides is 1. The van der Waals surface area contributed by atoms with Gasteiger partial charge in [-0.15, -0.1) is 0 Å². The van der Waals surface area contributed by atoms with E-state index >= 15 is 0 Å². The molecule has 0 unspecified atom stereocenters. The van der Waals surface area contributed by atoms with Crippen LogP contribution < -0.4 is 15.4 Å². The summed E-state index contributed by atoms with van der Waals surface area (Å²) in [4.78, 5) is 11.2. The summed E-state index contributed by atoms with van der Waals surface area (Å²) < 4.78 is 27.5. The van der Waals surface area contributed by atoms with E-state index in [1.54, 1.807) is 24.3 Å². The SMILES string of the molecule is CC(=O)Nc1ccc(S(=O)(=O)Nc2ccc(NC3CCCC3)cc2)cc1. The van der Waals surface area contributed by atoms with Crippen LogP contribution in [0.25, 0.3) is 0 Å². The van der Waals surface area contributed by atoms with Gasteiger partial charge >= 0.3 is 0 Å². The molecule has 0 aromatic heterocycles. The van der Waals surface area contributed by atoms with Crippen LogP contribution in [0.4, 0.5) is 17.1 Å². The third-order valence-corrected chi connectivity index (χ3v) is 5.75. The summed E-state index contributed by atoms with van der Waals surface area (Å²) in [5.41, 5.74) is 2.06. The number of anilines is 3. The Morgan fingerprint density at radius 3 is 2.00 bits per heavy atom. The van der Waals surface area contributed by atoms with Gasteiger partial charge in [-0.1, -0.05) is 12.8 Å². The Balaban J connectivity index is 1.65. The van der Waals surface area contributed by atoms with Gasteiger partial charge in [-0.3, -0.25) is 9.52 Å². The molecule has 0 spiro atoms. The van der Waals surface area contributed by atoms with Gasteiger partial charge in [0.05, 0.1) is 4.90 Å². The molecule has 2 aromatic carbocycles. The number of hydrogen-bond acceptors (Lipinski definition) is 4. The van der Waals surface area contributed by atoms with Crippen LogP contribution in [0.5, 0.6) is 0 Å². The molecule has 3 N–H and O–H groups in total. The first kappa shape index (κ1) is 18.3. The molecular formula is C19H23N3O3S. The van der Waals surface area contributed by atoms with Gasteiger partial charge < -0.3 is 10.6 Å². The summed E-state index contributed by atoms with van der Waals surface area (Å²) in [7, 11) is -3.68. The van der Waals surface area contributed by atoms with Crippen molar-refractivity contribution in [2.75, 3.05) is 15.4 Å². The maximum absolute atomic E-state index is 12.5. The second kappa shape index (κ2) is 7.78. The van der Waals surface area contributed by atoms with Crippen molar-refractivity contribution in [3.8, 4) is 0 Å². The topological polar surface area (TPSA) is 87.3 Å². The van der Waals surface area contributed by atoms with Crippen molar-refractivity contribution in [2.24, 2.45) is 0 Å². The van der Waals surface area contributed by atoms with Crippen molar-refractivity contribution in [1.82, 2.24) is 0 Å². The van der Waals surface area contributed by atoms with E-state index in [1.807, 2.05) is 12.1 Å². The van der Waals surface area contributed by atoms with Gasteiger partial charge in [0.15, 0.2) is 0 Å². The minimum absolute atomic E-state index is 0.139. The predicted octanol–water partition coefficient (Wildman–Crippen LogP) is 3.80. The van der Waals surface area contributed by atoms with Gasteiger partial charge in [-0.25, -0.2) is 8.42 Å². The molecule has 1 aliphatic carbocycles. The number of carbonyl (C=O) groups is 1. The highest BCUT2D eigenvalue weighted by atomic mass is 32.2. The quantitative estimate of drug-likeness (QED) is 0.719. The zero-order valence-corrected chi connectivity index (χ0v) is 15.5. The van der Waals surface area contributed by atoms with Crippen LogP contribution in [-0.4, -0.2) is 20.4 Å². The first-order valence-electron chi connectivity index (χ1n) is 8.69. The second-order valence-electron chi connectivity index (χ2n) is 6.51. The Kier molecular flexibility index (Phi) is 5.46. The lowest BCUT2D eigenvalue weighted by Crippen LogP contribution is -2.15. The normalized spacial score (nSPS) is 14.8. The predicted molar refractivity (Wildman–Crippen MR) is 104 cm³/mol. The van der Waals surface area contributed by atoms with Gasteiger partial charge in [-0.05, 0) is 61.4 Å². The largest absolute Gasteiger partial charge is 0.382 e. The molecule has 0 aliphatic heterocycles. The van der Waals surface area contributed by atoms with E-state index in [0.717, 1.165) is 5.69 Å². The van der Waals surface area contributed by atoms with Crippen molar-refractivity contribution in [1.29, 1.82) is 0 Å². The minimum atomic E-state index is -3.68. The fourth-order valence-corrected chi connectivity index (χ4v) is 4.13. The van der Waals surface area contributed by atoms with E-state index < -0.39 is 10.0 Å². The molecule has 7 heteroatoms. The number of sulfonamides is 1. The maximum Gasteiger partial charge on any atom is 0.261 e. The molecular weight excluding hydrogens is 350 g/mol. The van der Waals surface area contributed by atoms with Crippen molar-refractivity contribution in [3.05, 3.63) is 48.5 Å². The number of hydrogen-bond donors (Lipinski definition) is 3. The molecule has 26 heavy (non-hydrogen) atoms. The molecule has 2 aromatic rings. The van der Waals surface area contributed by atoms with Crippen molar-refractivity contribution >= 4 is 33.0 Å². The Morgan fingerprint density at radius 2 is 1.42 bits per heavy atom. The average Bonchev–Trinajstić information content (AvgIpc) is 3.09. The lowest BCUT2D eigenvalue weighted by atomic mass is 10.2. The number of carbonyl (C=O) groups excluding carboxylic acids is 1. The van der Waals surface area contributed by atoms with E-state index in [0.29, 0.717) is 17.4 Å². The van der Waals surface area contributed by atoms with Gasteiger partial charge in [0.2, 0.25) is 5.91 Å². The molecule has 0 saturated heterocycles. The van der Waals surface area contributed by atoms with Crippen LogP contribution in [0.2, 0.25) is 0 Å². The maximum atomic E-state index is 12.5. The first-order chi connectivity index (χ1) is 12.4. The van der Waals surface area contributed by atoms with Crippen molar-refractivity contribution in [3.63, 3.8) is 0 Å². The summed E-state index contributed by atoms with van der Waals surface area (Å²) in [5.74, 6) is -0.204. The number of nitrogens with one attached hydrogen (secondary N) is 3. The summed E-state index contributed by atoms with van der Waals surface area (Å²) in [5, 5.41) is 6.08. The van der Waals surface area contributed by atoms with Gasteiger partial charge in [0, 0.05) is 30.0 Å². The fraction of sp³-hybridized carbons (Fsp3) is 0.316. The first-order valence-corrected chi connectivity index (χ1v) is 10.2. The second-order valence-corrected chi connectivity index (χ2v) is 8.20. The zero-order valence-electron chi connectivity index (χ0n) is 14.7. The standard InChI is InChI=1S/C19H23N3O3S/c1-14(23)20-16-10-12-19(13-11-16)26(24,25)22-18-8-6-17(7-9-18)21-15-4-2-3-5-15/h6-13,15,21-22H,2-5H2,1H3,(H,20,23). The average molecular weight is 373 g/mol. The summed E-state index contributed by atoms with van der Waals surface area (Å²) >= 11 is 0. The molecule has 3 rings (SSSR count). The molecule has 0 radical (unpaired) electrons. The molecule has 0 atom stereocenters. The van der Waals surface area contributed by atoms with Gasteiger partial charge in [0.1, 0.15) is 0 Å². The minimum Gasteiger partial charge on any atom is -0.382 e. The molecule has 1 saturated carbocycles. The van der Waals surface area contributed by atoms with Crippen molar-refractivity contribution < 1.29 is 13.2 Å². The van der Waals surface area contributed by atoms with E-state index in [-0.39, 0.29) is 10.8 Å². The van der Waals surface area contributed by atoms with Crippen LogP contribution in [0, 0.1) is 0 Å². The van der Waals surface area contributed by atoms with Crippen LogP contribution in [0.15, 0.2) is 53.4 Å². The molecule has 138 valence electrons. The highest BCUT2D eigenvalue weighted by Gasteiger charge is 2.16. The Hall–Kier alpha value is -2.54. The molecule has 0 heterocycles. The summed E-state index contributed by atoms with van der Waals surface area (Å²) in [6.07, 6.45) is 4.89. The lowest BCUT2D eigenvalue weighted by Gasteiger charge is -2.14. The molecule has 1 aliphatic rings. The monoisotopic (exact) mass is 373 g/mol. The number of benzene rings is 2. The molecule has 1 amide bonds. The molecule has 1 fully saturated rings. The zero-order chi connectivity index (χ0) is 18.6. The van der Waals surface area contributed by atoms with Crippen LogP contribution in [-0.2, 0) is 14.8 Å². The van der Waals surface area contributed by atoms with E-state index in [2.05, 4.69) is 15.4 Å². The lowest BCUT2D eigenvalue weighted by molar-refractivity contribution is -0.114. The van der Waals surface area contributed by atoms with Crippen LogP contribution >= 0.6 is 0 Å². The Bertz CT molecular complexity index is 856. The van der Waals surface area contributed by atoms with E-state index in [1.165, 1.54) is 44.7 Å². The Morgan fingerprint density at radius 1 is 0.885 bits per heavy atom. The van der Waals surface area contributed by atoms with Gasteiger partial charge in [0.25, 0.3) is 10.0 Å². The highest BCUT2D eigenvalue weighted by Crippen LogP contribution is 2.24. The van der Waals surface area contributed by atoms with E-state index in [4.69, 9.17) is 0 Å². The molecule has 6 nitrogen and oxygen atoms in total. The third-order valence-electron chi connectivity index (χ3n) is 4.35. The summed E-state index contributed by atoms with van der Waals surface area (Å²) in [6, 6.07) is 13.8. The highest BCUT2D eigenvalue weighted by molar-refractivity contribution is 7.92. The van der Waals surface area contributed by atoms with Gasteiger partial charge in [-0.2, -0.15) is 0 Å². The fourth-order valence-electron chi connectivity index (χ4n) is 3.08. The summed E-state index contributed by atoms with van der Waals surface area (Å²) in [6.45, 7) is 1.40. The smallest absolute Gasteiger partial charge is 0.261 e. The third kappa shape index (κ3) is 4.76. The van der Waals surface area contributed by atoms with E-state index in [9.17, 15) is 13.2 Å². The van der Waals surface area contributed by atoms with Crippen LogP contribution in [0.3, 0.4) is 0 Å². The molecule has 0 bridgehead atoms. The number of rotatable bonds is 6.